The Morgan fingerprint density at radius 3 is 2.88 bits per heavy atom. The number of carboxylic acid groups (broad SMARTS) is 1. The first kappa shape index (κ1) is 11.1. The number of fused-ring (bicyclic) bond motifs is 1. The molecule has 1 heterocycles. The number of hydrogen-bond donors (Lipinski definition) is 2. The standard InChI is InChI=1S/C13H11NO3/c15-11(8-13(16)17)4-2-9-1-3-10-5-6-14-12(10)7-9/h1-7,14H,8H2,(H,16,17). The molecule has 2 N–H and O–H groups in total. The van der Waals surface area contributed by atoms with E-state index < -0.39 is 18.2 Å². The van der Waals surface area contributed by atoms with Crippen LogP contribution in [0.2, 0.25) is 0 Å². The van der Waals surface area contributed by atoms with Crippen molar-refractivity contribution in [3.63, 3.8) is 0 Å². The minimum atomic E-state index is -1.11. The van der Waals surface area contributed by atoms with E-state index >= 15 is 0 Å². The number of aromatic nitrogens is 1. The SMILES string of the molecule is O=C(O)CC(=O)C=Cc1ccc2cc[nH]c2c1. The molecule has 0 atom stereocenters. The van der Waals surface area contributed by atoms with Crippen LogP contribution in [0.1, 0.15) is 12.0 Å². The van der Waals surface area contributed by atoms with E-state index in [0.717, 1.165) is 16.5 Å². The number of benzene rings is 1. The van der Waals surface area contributed by atoms with Gasteiger partial charge >= 0.3 is 5.97 Å². The van der Waals surface area contributed by atoms with Gasteiger partial charge in [-0.15, -0.1) is 0 Å². The number of ketones is 1. The lowest BCUT2D eigenvalue weighted by atomic mass is 10.1. The summed E-state index contributed by atoms with van der Waals surface area (Å²) in [6.45, 7) is 0. The van der Waals surface area contributed by atoms with Crippen LogP contribution in [0, 0.1) is 0 Å². The van der Waals surface area contributed by atoms with Crippen LogP contribution in [0.5, 0.6) is 0 Å². The van der Waals surface area contributed by atoms with Crippen LogP contribution in [0.4, 0.5) is 0 Å². The van der Waals surface area contributed by atoms with Crippen LogP contribution in [0.25, 0.3) is 17.0 Å². The monoisotopic (exact) mass is 229 g/mol. The summed E-state index contributed by atoms with van der Waals surface area (Å²) in [7, 11) is 0. The van der Waals surface area contributed by atoms with Gasteiger partial charge in [-0.3, -0.25) is 9.59 Å². The molecule has 1 aromatic heterocycles. The summed E-state index contributed by atoms with van der Waals surface area (Å²) < 4.78 is 0. The van der Waals surface area contributed by atoms with Crippen molar-refractivity contribution in [2.75, 3.05) is 0 Å². The highest BCUT2D eigenvalue weighted by atomic mass is 16.4. The van der Waals surface area contributed by atoms with Gasteiger partial charge in [0.15, 0.2) is 5.78 Å². The molecule has 0 spiro atoms. The lowest BCUT2D eigenvalue weighted by Gasteiger charge is -1.94. The highest BCUT2D eigenvalue weighted by Crippen LogP contribution is 2.15. The van der Waals surface area contributed by atoms with Crippen molar-refractivity contribution in [2.24, 2.45) is 0 Å². The van der Waals surface area contributed by atoms with Crippen molar-refractivity contribution in [1.29, 1.82) is 0 Å². The van der Waals surface area contributed by atoms with Crippen LogP contribution in [0.15, 0.2) is 36.5 Å². The molecule has 2 aromatic rings. The molecule has 86 valence electrons. The van der Waals surface area contributed by atoms with Gasteiger partial charge in [-0.1, -0.05) is 18.2 Å². The third kappa shape index (κ3) is 2.81. The molecule has 4 nitrogen and oxygen atoms in total. The highest BCUT2D eigenvalue weighted by Gasteiger charge is 2.03. The fraction of sp³-hybridized carbons (Fsp3) is 0.0769. The fourth-order valence-electron chi connectivity index (χ4n) is 1.57. The molecule has 0 aliphatic heterocycles. The third-order valence-corrected chi connectivity index (χ3v) is 2.37. The smallest absolute Gasteiger partial charge is 0.311 e. The zero-order valence-electron chi connectivity index (χ0n) is 9.01. The number of carboxylic acids is 1. The first-order chi connectivity index (χ1) is 8.15. The van der Waals surface area contributed by atoms with Crippen molar-refractivity contribution in [2.45, 2.75) is 6.42 Å². The summed E-state index contributed by atoms with van der Waals surface area (Å²) in [5, 5.41) is 9.53. The van der Waals surface area contributed by atoms with E-state index in [-0.39, 0.29) is 0 Å². The first-order valence-corrected chi connectivity index (χ1v) is 5.15. The quantitative estimate of drug-likeness (QED) is 0.623. The zero-order chi connectivity index (χ0) is 12.3. The summed E-state index contributed by atoms with van der Waals surface area (Å²) in [5.41, 5.74) is 1.84. The zero-order valence-corrected chi connectivity index (χ0v) is 9.01. The Bertz CT molecular complexity index is 595. The van der Waals surface area contributed by atoms with Crippen LogP contribution < -0.4 is 0 Å². The second-order valence-electron chi connectivity index (χ2n) is 3.69. The molecule has 17 heavy (non-hydrogen) atoms. The number of carbonyl (C=O) groups is 2. The van der Waals surface area contributed by atoms with Gasteiger partial charge in [0.05, 0.1) is 0 Å². The number of hydrogen-bond acceptors (Lipinski definition) is 2. The van der Waals surface area contributed by atoms with Crippen molar-refractivity contribution in [1.82, 2.24) is 4.98 Å². The maximum Gasteiger partial charge on any atom is 0.311 e. The molecule has 2 rings (SSSR count). The van der Waals surface area contributed by atoms with Crippen LogP contribution >= 0.6 is 0 Å². The number of rotatable bonds is 4. The van der Waals surface area contributed by atoms with Crippen LogP contribution in [-0.2, 0) is 9.59 Å². The van der Waals surface area contributed by atoms with Crippen molar-refractivity contribution in [3.8, 4) is 0 Å². The van der Waals surface area contributed by atoms with Gasteiger partial charge in [0.1, 0.15) is 6.42 Å². The number of aliphatic carboxylic acids is 1. The van der Waals surface area contributed by atoms with Crippen molar-refractivity contribution in [3.05, 3.63) is 42.1 Å². The Kier molecular flexibility index (Phi) is 3.05. The van der Waals surface area contributed by atoms with Crippen LogP contribution in [0.3, 0.4) is 0 Å². The molecule has 0 aliphatic carbocycles. The number of H-pyrrole nitrogens is 1. The number of nitrogens with one attached hydrogen (secondary N) is 1. The molecular formula is C13H11NO3. The molecule has 0 unspecified atom stereocenters. The minimum absolute atomic E-state index is 0.413. The van der Waals surface area contributed by atoms with Gasteiger partial charge in [-0.05, 0) is 29.2 Å². The van der Waals surface area contributed by atoms with Crippen LogP contribution in [-0.4, -0.2) is 21.8 Å². The van der Waals surface area contributed by atoms with E-state index in [4.69, 9.17) is 5.11 Å². The van der Waals surface area contributed by atoms with E-state index in [1.807, 2.05) is 30.5 Å². The molecule has 4 heteroatoms. The molecule has 0 aliphatic rings. The van der Waals surface area contributed by atoms with Gasteiger partial charge in [0.25, 0.3) is 0 Å². The Morgan fingerprint density at radius 2 is 2.12 bits per heavy atom. The first-order valence-electron chi connectivity index (χ1n) is 5.15. The molecule has 0 fully saturated rings. The Morgan fingerprint density at radius 1 is 1.29 bits per heavy atom. The van der Waals surface area contributed by atoms with Gasteiger partial charge in [0.2, 0.25) is 0 Å². The molecule has 1 aromatic carbocycles. The van der Waals surface area contributed by atoms with E-state index in [2.05, 4.69) is 4.98 Å². The largest absolute Gasteiger partial charge is 0.481 e. The maximum atomic E-state index is 11.2. The lowest BCUT2D eigenvalue weighted by molar-refractivity contribution is -0.139. The normalized spacial score (nSPS) is 11.1. The second kappa shape index (κ2) is 4.65. The van der Waals surface area contributed by atoms with E-state index in [1.165, 1.54) is 6.08 Å². The summed E-state index contributed by atoms with van der Waals surface area (Å²) in [6.07, 6.45) is 4.28. The molecule has 0 saturated heterocycles. The summed E-state index contributed by atoms with van der Waals surface area (Å²) in [4.78, 5) is 24.5. The Labute approximate surface area is 97.6 Å². The highest BCUT2D eigenvalue weighted by molar-refractivity contribution is 6.03. The number of carbonyl (C=O) groups excluding carboxylic acids is 1. The van der Waals surface area contributed by atoms with E-state index in [1.54, 1.807) is 6.08 Å². The van der Waals surface area contributed by atoms with E-state index in [0.29, 0.717) is 0 Å². The van der Waals surface area contributed by atoms with Gasteiger partial charge in [0, 0.05) is 11.7 Å². The van der Waals surface area contributed by atoms with E-state index in [9.17, 15) is 9.59 Å². The third-order valence-electron chi connectivity index (χ3n) is 2.37. The van der Waals surface area contributed by atoms with Crippen molar-refractivity contribution < 1.29 is 14.7 Å². The average molecular weight is 229 g/mol. The molecular weight excluding hydrogens is 218 g/mol. The Balaban J connectivity index is 2.14. The molecule has 0 saturated carbocycles. The predicted octanol–water partition coefficient (Wildman–Crippen LogP) is 2.22. The molecule has 0 bridgehead atoms. The summed E-state index contributed by atoms with van der Waals surface area (Å²) in [5.74, 6) is -1.52. The summed E-state index contributed by atoms with van der Waals surface area (Å²) in [6, 6.07) is 7.67. The maximum absolute atomic E-state index is 11.2. The second-order valence-corrected chi connectivity index (χ2v) is 3.69. The predicted molar refractivity (Wildman–Crippen MR) is 64.6 cm³/mol. The van der Waals surface area contributed by atoms with Gasteiger partial charge < -0.3 is 10.1 Å². The van der Waals surface area contributed by atoms with Gasteiger partial charge in [-0.25, -0.2) is 0 Å². The topological polar surface area (TPSA) is 70.2 Å². The lowest BCUT2D eigenvalue weighted by Crippen LogP contribution is -2.02. The summed E-state index contributed by atoms with van der Waals surface area (Å²) >= 11 is 0. The Hall–Kier alpha value is -2.36. The molecule has 0 radical (unpaired) electrons. The number of allylic oxidation sites excluding steroid dienone is 1. The van der Waals surface area contributed by atoms with Gasteiger partial charge in [-0.2, -0.15) is 0 Å². The molecule has 0 amide bonds. The minimum Gasteiger partial charge on any atom is -0.481 e. The average Bonchev–Trinajstić information content (AvgIpc) is 2.72. The van der Waals surface area contributed by atoms with Crippen molar-refractivity contribution >= 4 is 28.7 Å². The number of aromatic amines is 1. The fourth-order valence-corrected chi connectivity index (χ4v) is 1.57.